The van der Waals surface area contributed by atoms with Crippen molar-refractivity contribution >= 4 is 35.5 Å². The molecule has 0 radical (unpaired) electrons. The lowest BCUT2D eigenvalue weighted by atomic mass is 10.2. The highest BCUT2D eigenvalue weighted by molar-refractivity contribution is 7.99. The van der Waals surface area contributed by atoms with Gasteiger partial charge in [0, 0.05) is 16.3 Å². The van der Waals surface area contributed by atoms with Gasteiger partial charge in [0.2, 0.25) is 0 Å². The van der Waals surface area contributed by atoms with E-state index in [0.29, 0.717) is 27.5 Å². The SMILES string of the molecule is COc1ccc(/C=N/NC(=O)CSc2nnc(-c3ccc(Cl)cc3)n2-c2ccc(C)cc2)cc1OC. The molecule has 8 nitrogen and oxygen atoms in total. The molecule has 0 bridgehead atoms. The third-order valence-electron chi connectivity index (χ3n) is 5.17. The molecule has 0 saturated carbocycles. The molecular formula is C26H24ClN5O3S. The molecule has 0 saturated heterocycles. The third kappa shape index (κ3) is 6.05. The van der Waals surface area contributed by atoms with Crippen LogP contribution < -0.4 is 14.9 Å². The Morgan fingerprint density at radius 2 is 1.75 bits per heavy atom. The topological polar surface area (TPSA) is 90.6 Å². The lowest BCUT2D eigenvalue weighted by Crippen LogP contribution is -2.20. The van der Waals surface area contributed by atoms with Crippen LogP contribution in [0.5, 0.6) is 11.5 Å². The summed E-state index contributed by atoms with van der Waals surface area (Å²) in [4.78, 5) is 12.5. The van der Waals surface area contributed by atoms with Crippen LogP contribution in [0.3, 0.4) is 0 Å². The number of carbonyl (C=O) groups is 1. The van der Waals surface area contributed by atoms with Crippen molar-refractivity contribution < 1.29 is 14.3 Å². The van der Waals surface area contributed by atoms with Gasteiger partial charge in [-0.05, 0) is 67.1 Å². The normalized spacial score (nSPS) is 11.0. The van der Waals surface area contributed by atoms with E-state index in [-0.39, 0.29) is 11.7 Å². The second-order valence-electron chi connectivity index (χ2n) is 7.68. The smallest absolute Gasteiger partial charge is 0.250 e. The number of hydrazone groups is 1. The minimum atomic E-state index is -0.275. The van der Waals surface area contributed by atoms with Crippen molar-refractivity contribution in [2.24, 2.45) is 5.10 Å². The van der Waals surface area contributed by atoms with E-state index in [2.05, 4.69) is 20.7 Å². The van der Waals surface area contributed by atoms with E-state index >= 15 is 0 Å². The number of rotatable bonds is 9. The summed E-state index contributed by atoms with van der Waals surface area (Å²) in [5, 5.41) is 14.0. The zero-order valence-electron chi connectivity index (χ0n) is 19.9. The van der Waals surface area contributed by atoms with E-state index in [1.54, 1.807) is 26.4 Å². The standard InChI is InChI=1S/C26H24ClN5O3S/c1-17-4-11-21(12-5-17)32-25(19-7-9-20(27)10-8-19)30-31-26(32)36-16-24(33)29-28-15-18-6-13-22(34-2)23(14-18)35-3/h4-15H,16H2,1-3H3,(H,29,33)/b28-15+. The molecular weight excluding hydrogens is 498 g/mol. The first kappa shape index (κ1) is 25.3. The van der Waals surface area contributed by atoms with Crippen molar-refractivity contribution in [1.82, 2.24) is 20.2 Å². The fourth-order valence-electron chi connectivity index (χ4n) is 3.35. The summed E-state index contributed by atoms with van der Waals surface area (Å²) in [6.45, 7) is 2.03. The molecule has 10 heteroatoms. The fourth-order valence-corrected chi connectivity index (χ4v) is 4.22. The van der Waals surface area contributed by atoms with E-state index in [1.807, 2.05) is 66.1 Å². The zero-order chi connectivity index (χ0) is 25.5. The number of aryl methyl sites for hydroxylation is 1. The number of methoxy groups -OCH3 is 2. The minimum absolute atomic E-state index is 0.105. The number of nitrogens with zero attached hydrogens (tertiary/aromatic N) is 4. The molecule has 4 aromatic rings. The van der Waals surface area contributed by atoms with Gasteiger partial charge in [-0.2, -0.15) is 5.10 Å². The second kappa shape index (κ2) is 11.7. The van der Waals surface area contributed by atoms with Gasteiger partial charge < -0.3 is 9.47 Å². The predicted octanol–water partition coefficient (Wildman–Crippen LogP) is 5.16. The minimum Gasteiger partial charge on any atom is -0.493 e. The largest absolute Gasteiger partial charge is 0.493 e. The second-order valence-corrected chi connectivity index (χ2v) is 9.06. The molecule has 0 unspecified atom stereocenters. The van der Waals surface area contributed by atoms with Gasteiger partial charge in [-0.15, -0.1) is 10.2 Å². The first-order valence-electron chi connectivity index (χ1n) is 10.9. The number of hydrogen-bond acceptors (Lipinski definition) is 7. The van der Waals surface area contributed by atoms with Gasteiger partial charge in [0.15, 0.2) is 22.5 Å². The number of halogens is 1. The summed E-state index contributed by atoms with van der Waals surface area (Å²) in [7, 11) is 3.13. The van der Waals surface area contributed by atoms with Crippen LogP contribution in [0.15, 0.2) is 77.0 Å². The number of carbonyl (C=O) groups excluding carboxylic acids is 1. The molecule has 1 amide bonds. The van der Waals surface area contributed by atoms with Crippen molar-refractivity contribution in [1.29, 1.82) is 0 Å². The zero-order valence-corrected chi connectivity index (χ0v) is 21.5. The molecule has 0 aliphatic rings. The predicted molar refractivity (Wildman–Crippen MR) is 143 cm³/mol. The average Bonchev–Trinajstić information content (AvgIpc) is 3.32. The van der Waals surface area contributed by atoms with Gasteiger partial charge >= 0.3 is 0 Å². The van der Waals surface area contributed by atoms with Gasteiger partial charge in [-0.3, -0.25) is 9.36 Å². The van der Waals surface area contributed by atoms with Crippen LogP contribution in [0.2, 0.25) is 5.02 Å². The number of hydrogen-bond donors (Lipinski definition) is 1. The van der Waals surface area contributed by atoms with Gasteiger partial charge in [-0.1, -0.05) is 41.1 Å². The van der Waals surface area contributed by atoms with Gasteiger partial charge in [0.25, 0.3) is 5.91 Å². The molecule has 1 heterocycles. The van der Waals surface area contributed by atoms with Gasteiger partial charge in [0.05, 0.1) is 26.2 Å². The molecule has 1 N–H and O–H groups in total. The van der Waals surface area contributed by atoms with Crippen LogP contribution in [0, 0.1) is 6.92 Å². The summed E-state index contributed by atoms with van der Waals surface area (Å²) < 4.78 is 12.4. The molecule has 4 rings (SSSR count). The molecule has 1 aromatic heterocycles. The Hall–Kier alpha value is -3.82. The maximum Gasteiger partial charge on any atom is 0.250 e. The Kier molecular flexibility index (Phi) is 8.24. The van der Waals surface area contributed by atoms with Crippen molar-refractivity contribution in [3.8, 4) is 28.6 Å². The van der Waals surface area contributed by atoms with E-state index < -0.39 is 0 Å². The highest BCUT2D eigenvalue weighted by Gasteiger charge is 2.17. The Bertz CT molecular complexity index is 1370. The third-order valence-corrected chi connectivity index (χ3v) is 6.35. The fraction of sp³-hybridized carbons (Fsp3) is 0.154. The Balaban J connectivity index is 1.48. The summed E-state index contributed by atoms with van der Waals surface area (Å²) >= 11 is 7.33. The lowest BCUT2D eigenvalue weighted by Gasteiger charge is -2.11. The Morgan fingerprint density at radius 1 is 1.03 bits per heavy atom. The Morgan fingerprint density at radius 3 is 2.44 bits per heavy atom. The summed E-state index contributed by atoms with van der Waals surface area (Å²) in [5.74, 6) is 1.68. The number of thioether (sulfide) groups is 1. The average molecular weight is 522 g/mol. The monoisotopic (exact) mass is 521 g/mol. The van der Waals surface area contributed by atoms with Crippen LogP contribution >= 0.6 is 23.4 Å². The van der Waals surface area contributed by atoms with Crippen molar-refractivity contribution in [2.75, 3.05) is 20.0 Å². The van der Waals surface area contributed by atoms with E-state index in [9.17, 15) is 4.79 Å². The molecule has 36 heavy (non-hydrogen) atoms. The lowest BCUT2D eigenvalue weighted by molar-refractivity contribution is -0.118. The van der Waals surface area contributed by atoms with Crippen LogP contribution in [-0.4, -0.2) is 46.9 Å². The molecule has 0 aliphatic heterocycles. The number of amides is 1. The molecule has 184 valence electrons. The Labute approximate surface area is 218 Å². The highest BCUT2D eigenvalue weighted by atomic mass is 35.5. The summed E-state index contributed by atoms with van der Waals surface area (Å²) in [6, 6.07) is 20.8. The molecule has 0 atom stereocenters. The number of nitrogens with one attached hydrogen (secondary N) is 1. The van der Waals surface area contributed by atoms with Gasteiger partial charge in [0.1, 0.15) is 0 Å². The maximum absolute atomic E-state index is 12.5. The number of benzene rings is 3. The molecule has 0 aliphatic carbocycles. The molecule has 0 spiro atoms. The van der Waals surface area contributed by atoms with E-state index in [1.165, 1.54) is 18.0 Å². The van der Waals surface area contributed by atoms with Crippen LogP contribution in [0.1, 0.15) is 11.1 Å². The molecule has 0 fully saturated rings. The first-order chi connectivity index (χ1) is 17.5. The molecule has 3 aromatic carbocycles. The number of aromatic nitrogens is 3. The maximum atomic E-state index is 12.5. The summed E-state index contributed by atoms with van der Waals surface area (Å²) in [5.41, 5.74) is 6.20. The number of ether oxygens (including phenoxy) is 2. The van der Waals surface area contributed by atoms with Crippen molar-refractivity contribution in [2.45, 2.75) is 12.1 Å². The van der Waals surface area contributed by atoms with Crippen LogP contribution in [0.4, 0.5) is 0 Å². The van der Waals surface area contributed by atoms with Gasteiger partial charge in [-0.25, -0.2) is 5.43 Å². The first-order valence-corrected chi connectivity index (χ1v) is 12.3. The highest BCUT2D eigenvalue weighted by Crippen LogP contribution is 2.29. The van der Waals surface area contributed by atoms with Crippen molar-refractivity contribution in [3.63, 3.8) is 0 Å². The summed E-state index contributed by atoms with van der Waals surface area (Å²) in [6.07, 6.45) is 1.54. The van der Waals surface area contributed by atoms with Crippen LogP contribution in [-0.2, 0) is 4.79 Å². The quantitative estimate of drug-likeness (QED) is 0.186. The van der Waals surface area contributed by atoms with Crippen LogP contribution in [0.25, 0.3) is 17.1 Å². The van der Waals surface area contributed by atoms with Crippen molar-refractivity contribution in [3.05, 3.63) is 82.9 Å². The van der Waals surface area contributed by atoms with E-state index in [0.717, 1.165) is 22.4 Å². The van der Waals surface area contributed by atoms with E-state index in [4.69, 9.17) is 21.1 Å².